The number of thiazole rings is 1. The molecule has 0 saturated carbocycles. The van der Waals surface area contributed by atoms with E-state index in [1.807, 2.05) is 12.3 Å². The summed E-state index contributed by atoms with van der Waals surface area (Å²) in [7, 11) is 0. The summed E-state index contributed by atoms with van der Waals surface area (Å²) in [5.41, 5.74) is 3.97. The second-order valence-electron chi connectivity index (χ2n) is 4.01. The monoisotopic (exact) mass is 269 g/mol. The van der Waals surface area contributed by atoms with Crippen LogP contribution in [0.5, 0.6) is 0 Å². The second kappa shape index (κ2) is 5.51. The number of nitrogens with zero attached hydrogens (tertiary/aromatic N) is 1. The van der Waals surface area contributed by atoms with E-state index in [-0.39, 0.29) is 6.04 Å². The van der Waals surface area contributed by atoms with Crippen LogP contribution in [0.3, 0.4) is 0 Å². The Morgan fingerprint density at radius 1 is 1.33 bits per heavy atom. The van der Waals surface area contributed by atoms with Gasteiger partial charge in [0.2, 0.25) is 0 Å². The predicted molar refractivity (Wildman–Crippen MR) is 67.0 cm³/mol. The van der Waals surface area contributed by atoms with Crippen molar-refractivity contribution in [2.45, 2.75) is 19.4 Å². The van der Waals surface area contributed by atoms with Crippen molar-refractivity contribution in [3.8, 4) is 0 Å². The molecular weight excluding hydrogens is 256 g/mol. The van der Waals surface area contributed by atoms with Gasteiger partial charge in [0.05, 0.1) is 11.0 Å². The molecule has 3 nitrogen and oxygen atoms in total. The molecule has 1 heterocycles. The third kappa shape index (κ3) is 3.10. The lowest BCUT2D eigenvalue weighted by Crippen LogP contribution is -2.29. The van der Waals surface area contributed by atoms with E-state index >= 15 is 0 Å². The smallest absolute Gasteiger partial charge is 0.126 e. The zero-order valence-corrected chi connectivity index (χ0v) is 10.6. The molecule has 0 aliphatic rings. The van der Waals surface area contributed by atoms with Crippen LogP contribution < -0.4 is 11.3 Å². The summed E-state index contributed by atoms with van der Waals surface area (Å²) in [4.78, 5) is 4.30. The molecule has 0 radical (unpaired) electrons. The third-order valence-corrected chi connectivity index (χ3v) is 3.52. The van der Waals surface area contributed by atoms with Crippen molar-refractivity contribution in [3.05, 3.63) is 51.5 Å². The highest BCUT2D eigenvalue weighted by atomic mass is 32.1. The molecule has 18 heavy (non-hydrogen) atoms. The normalized spacial score (nSPS) is 12.7. The number of nitrogens with one attached hydrogen (secondary N) is 1. The predicted octanol–water partition coefficient (Wildman–Crippen LogP) is 2.48. The van der Waals surface area contributed by atoms with Gasteiger partial charge >= 0.3 is 0 Å². The Hall–Kier alpha value is -1.37. The maximum absolute atomic E-state index is 13.1. The van der Waals surface area contributed by atoms with E-state index in [0.29, 0.717) is 12.0 Å². The number of benzene rings is 1. The molecule has 1 aromatic heterocycles. The minimum absolute atomic E-state index is 0.360. The van der Waals surface area contributed by atoms with E-state index in [0.717, 1.165) is 16.8 Å². The largest absolute Gasteiger partial charge is 0.271 e. The molecule has 0 fully saturated rings. The summed E-state index contributed by atoms with van der Waals surface area (Å²) in [5, 5.41) is 2.80. The average molecular weight is 269 g/mol. The quantitative estimate of drug-likeness (QED) is 0.662. The van der Waals surface area contributed by atoms with Gasteiger partial charge in [-0.2, -0.15) is 0 Å². The second-order valence-corrected chi connectivity index (χ2v) is 4.95. The van der Waals surface area contributed by atoms with Crippen LogP contribution in [0.25, 0.3) is 0 Å². The fraction of sp³-hybridized carbons (Fsp3) is 0.250. The molecule has 96 valence electrons. The first-order chi connectivity index (χ1) is 8.58. The molecule has 6 heteroatoms. The number of hydrazine groups is 1. The van der Waals surface area contributed by atoms with Gasteiger partial charge in [-0.05, 0) is 24.6 Å². The van der Waals surface area contributed by atoms with Crippen LogP contribution in [0.15, 0.2) is 23.6 Å². The molecule has 3 N–H and O–H groups in total. The van der Waals surface area contributed by atoms with Crippen molar-refractivity contribution in [3.63, 3.8) is 0 Å². The molecule has 1 unspecified atom stereocenters. The van der Waals surface area contributed by atoms with Gasteiger partial charge in [0.25, 0.3) is 0 Å². The Kier molecular flexibility index (Phi) is 4.00. The van der Waals surface area contributed by atoms with Crippen molar-refractivity contribution < 1.29 is 8.78 Å². The van der Waals surface area contributed by atoms with Crippen LogP contribution in [-0.4, -0.2) is 4.98 Å². The number of aryl methyl sites for hydroxylation is 1. The van der Waals surface area contributed by atoms with E-state index in [4.69, 9.17) is 5.84 Å². The molecular formula is C12H13F2N3S. The van der Waals surface area contributed by atoms with Crippen LogP contribution >= 0.6 is 11.3 Å². The Balaban J connectivity index is 2.22. The summed E-state index contributed by atoms with van der Waals surface area (Å²) >= 11 is 1.50. The van der Waals surface area contributed by atoms with Gasteiger partial charge in [-0.3, -0.25) is 11.3 Å². The van der Waals surface area contributed by atoms with Crippen LogP contribution in [0, 0.1) is 18.6 Å². The fourth-order valence-electron chi connectivity index (χ4n) is 1.72. The van der Waals surface area contributed by atoms with Crippen molar-refractivity contribution in [1.29, 1.82) is 0 Å². The van der Waals surface area contributed by atoms with Gasteiger partial charge < -0.3 is 0 Å². The molecule has 0 aliphatic carbocycles. The number of rotatable bonds is 4. The molecule has 0 bridgehead atoms. The van der Waals surface area contributed by atoms with Gasteiger partial charge in [0.15, 0.2) is 0 Å². The highest BCUT2D eigenvalue weighted by Gasteiger charge is 2.14. The average Bonchev–Trinajstić information content (AvgIpc) is 2.70. The van der Waals surface area contributed by atoms with Gasteiger partial charge in [-0.15, -0.1) is 11.3 Å². The van der Waals surface area contributed by atoms with E-state index in [2.05, 4.69) is 10.4 Å². The van der Waals surface area contributed by atoms with Crippen molar-refractivity contribution in [1.82, 2.24) is 10.4 Å². The van der Waals surface area contributed by atoms with Crippen molar-refractivity contribution in [2.24, 2.45) is 5.84 Å². The first kappa shape index (κ1) is 13.1. The summed E-state index contributed by atoms with van der Waals surface area (Å²) in [5.74, 6) is 4.22. The Labute approximate surface area is 108 Å². The van der Waals surface area contributed by atoms with Crippen LogP contribution in [0.4, 0.5) is 8.78 Å². The first-order valence-electron chi connectivity index (χ1n) is 5.41. The maximum atomic E-state index is 13.1. The molecule has 1 atom stereocenters. The summed E-state index contributed by atoms with van der Waals surface area (Å²) < 4.78 is 26.3. The topological polar surface area (TPSA) is 50.9 Å². The minimum Gasteiger partial charge on any atom is -0.271 e. The maximum Gasteiger partial charge on any atom is 0.126 e. The number of hydrogen-bond donors (Lipinski definition) is 2. The first-order valence-corrected chi connectivity index (χ1v) is 6.29. The lowest BCUT2D eigenvalue weighted by molar-refractivity contribution is 0.529. The Morgan fingerprint density at radius 3 is 2.50 bits per heavy atom. The number of halogens is 2. The van der Waals surface area contributed by atoms with E-state index in [1.165, 1.54) is 23.5 Å². The summed E-state index contributed by atoms with van der Waals surface area (Å²) in [6.45, 7) is 1.90. The van der Waals surface area contributed by atoms with Crippen LogP contribution in [0.1, 0.15) is 22.3 Å². The minimum atomic E-state index is -0.611. The van der Waals surface area contributed by atoms with Gasteiger partial charge in [-0.1, -0.05) is 0 Å². The lowest BCUT2D eigenvalue weighted by Gasteiger charge is -2.15. The molecule has 0 amide bonds. The molecule has 0 spiro atoms. The zero-order valence-electron chi connectivity index (χ0n) is 9.78. The SMILES string of the molecule is Cc1csc(CC(NN)c2cc(F)cc(F)c2)n1. The lowest BCUT2D eigenvalue weighted by atomic mass is 10.0. The summed E-state index contributed by atoms with van der Waals surface area (Å²) in [6.07, 6.45) is 0.498. The van der Waals surface area contributed by atoms with Gasteiger partial charge in [-0.25, -0.2) is 13.8 Å². The van der Waals surface area contributed by atoms with E-state index < -0.39 is 11.6 Å². The summed E-state index contributed by atoms with van der Waals surface area (Å²) in [6, 6.07) is 3.02. The number of nitrogens with two attached hydrogens (primary N) is 1. The van der Waals surface area contributed by atoms with Gasteiger partial charge in [0.1, 0.15) is 11.6 Å². The molecule has 2 aromatic rings. The van der Waals surface area contributed by atoms with E-state index in [1.54, 1.807) is 0 Å². The third-order valence-electron chi connectivity index (χ3n) is 2.53. The van der Waals surface area contributed by atoms with E-state index in [9.17, 15) is 8.78 Å². The molecule has 0 aliphatic heterocycles. The van der Waals surface area contributed by atoms with Crippen LogP contribution in [0.2, 0.25) is 0 Å². The molecule has 1 aromatic carbocycles. The number of aromatic nitrogens is 1. The zero-order chi connectivity index (χ0) is 13.1. The van der Waals surface area contributed by atoms with Crippen molar-refractivity contribution in [2.75, 3.05) is 0 Å². The van der Waals surface area contributed by atoms with Crippen molar-refractivity contribution >= 4 is 11.3 Å². The Bertz CT molecular complexity index is 522. The standard InChI is InChI=1S/C12H13F2N3S/c1-7-6-18-12(16-7)5-11(17-15)8-2-9(13)4-10(14)3-8/h2-4,6,11,17H,5,15H2,1H3. The van der Waals surface area contributed by atoms with Crippen LogP contribution in [-0.2, 0) is 6.42 Å². The number of hydrogen-bond acceptors (Lipinski definition) is 4. The highest BCUT2D eigenvalue weighted by molar-refractivity contribution is 7.09. The Morgan fingerprint density at radius 2 is 2.00 bits per heavy atom. The highest BCUT2D eigenvalue weighted by Crippen LogP contribution is 2.21. The van der Waals surface area contributed by atoms with Gasteiger partial charge in [0, 0.05) is 23.6 Å². The molecule has 2 rings (SSSR count). The fourth-order valence-corrected chi connectivity index (χ4v) is 2.54. The molecule has 0 saturated heterocycles.